The summed E-state index contributed by atoms with van der Waals surface area (Å²) in [5.41, 5.74) is 1.55. The van der Waals surface area contributed by atoms with Gasteiger partial charge in [0.2, 0.25) is 15.9 Å². The Kier molecular flexibility index (Phi) is 5.75. The monoisotopic (exact) mass is 346 g/mol. The molecule has 2 N–H and O–H groups in total. The first-order valence-electron chi connectivity index (χ1n) is 7.74. The van der Waals surface area contributed by atoms with Gasteiger partial charge in [-0.05, 0) is 38.5 Å². The third kappa shape index (κ3) is 4.66. The number of carbonyl (C=O) groups excluding carboxylic acids is 1. The zero-order valence-electron chi connectivity index (χ0n) is 14.0. The number of amides is 1. The molecule has 0 bridgehead atoms. The van der Waals surface area contributed by atoms with Gasteiger partial charge in [0.05, 0.1) is 4.90 Å². The van der Waals surface area contributed by atoms with E-state index in [1.807, 2.05) is 26.8 Å². The summed E-state index contributed by atoms with van der Waals surface area (Å²) < 4.78 is 27.8. The fourth-order valence-electron chi connectivity index (χ4n) is 2.23. The van der Waals surface area contributed by atoms with Gasteiger partial charge in [-0.25, -0.2) is 8.42 Å². The first kappa shape index (κ1) is 18.2. The Morgan fingerprint density at radius 2 is 1.54 bits per heavy atom. The third-order valence-electron chi connectivity index (χ3n) is 3.43. The summed E-state index contributed by atoms with van der Waals surface area (Å²) in [4.78, 5) is 12.6. The van der Waals surface area contributed by atoms with Crippen LogP contribution >= 0.6 is 0 Å². The number of benzene rings is 2. The first-order chi connectivity index (χ1) is 11.3. The van der Waals surface area contributed by atoms with Gasteiger partial charge in [-0.15, -0.1) is 0 Å². The summed E-state index contributed by atoms with van der Waals surface area (Å²) in [5.74, 6) is -0.383. The molecule has 0 aliphatic heterocycles. The van der Waals surface area contributed by atoms with Crippen molar-refractivity contribution in [1.29, 1.82) is 0 Å². The SMILES string of the molecule is Cc1ccc(S(=O)(=O)N[C@H](C(=O)NC(C)C)c2ccccc2)cc1. The number of hydrogen-bond donors (Lipinski definition) is 2. The molecule has 2 rings (SSSR count). The Hall–Kier alpha value is -2.18. The topological polar surface area (TPSA) is 75.3 Å². The molecule has 0 fully saturated rings. The van der Waals surface area contributed by atoms with E-state index in [1.165, 1.54) is 12.1 Å². The van der Waals surface area contributed by atoms with E-state index in [-0.39, 0.29) is 16.8 Å². The van der Waals surface area contributed by atoms with E-state index in [9.17, 15) is 13.2 Å². The number of sulfonamides is 1. The zero-order valence-corrected chi connectivity index (χ0v) is 14.8. The molecule has 0 unspecified atom stereocenters. The van der Waals surface area contributed by atoms with Gasteiger partial charge in [-0.2, -0.15) is 4.72 Å². The van der Waals surface area contributed by atoms with Crippen molar-refractivity contribution in [2.45, 2.75) is 37.8 Å². The average molecular weight is 346 g/mol. The largest absolute Gasteiger partial charge is 0.352 e. The molecule has 6 heteroatoms. The van der Waals surface area contributed by atoms with Crippen LogP contribution < -0.4 is 10.0 Å². The minimum Gasteiger partial charge on any atom is -0.352 e. The van der Waals surface area contributed by atoms with Gasteiger partial charge in [0, 0.05) is 6.04 Å². The highest BCUT2D eigenvalue weighted by Crippen LogP contribution is 2.18. The molecule has 0 aromatic heterocycles. The van der Waals surface area contributed by atoms with Crippen molar-refractivity contribution in [1.82, 2.24) is 10.0 Å². The van der Waals surface area contributed by atoms with Crippen molar-refractivity contribution < 1.29 is 13.2 Å². The van der Waals surface area contributed by atoms with Crippen LogP contribution in [0.25, 0.3) is 0 Å². The maximum absolute atomic E-state index is 12.6. The standard InChI is InChI=1S/C18H22N2O3S/c1-13(2)19-18(21)17(15-7-5-4-6-8-15)20-24(22,23)16-11-9-14(3)10-12-16/h4-13,17,20H,1-3H3,(H,19,21)/t17-/m0/s1. The summed E-state index contributed by atoms with van der Waals surface area (Å²) in [5, 5.41) is 2.76. The fourth-order valence-corrected chi connectivity index (χ4v) is 3.41. The highest BCUT2D eigenvalue weighted by molar-refractivity contribution is 7.89. The van der Waals surface area contributed by atoms with Crippen LogP contribution in [0.5, 0.6) is 0 Å². The molecule has 0 aliphatic rings. The van der Waals surface area contributed by atoms with Crippen molar-refractivity contribution in [2.75, 3.05) is 0 Å². The number of aryl methyl sites for hydroxylation is 1. The molecule has 5 nitrogen and oxygen atoms in total. The van der Waals surface area contributed by atoms with Crippen molar-refractivity contribution in [3.8, 4) is 0 Å². The predicted molar refractivity (Wildman–Crippen MR) is 94.0 cm³/mol. The Bertz CT molecular complexity index is 785. The maximum atomic E-state index is 12.6. The lowest BCUT2D eigenvalue weighted by Crippen LogP contribution is -2.42. The Morgan fingerprint density at radius 3 is 2.08 bits per heavy atom. The number of nitrogens with one attached hydrogen (secondary N) is 2. The molecule has 0 heterocycles. The smallest absolute Gasteiger partial charge is 0.242 e. The molecule has 0 aliphatic carbocycles. The van der Waals surface area contributed by atoms with E-state index in [0.29, 0.717) is 5.56 Å². The van der Waals surface area contributed by atoms with Crippen LogP contribution in [0.2, 0.25) is 0 Å². The number of rotatable bonds is 6. The quantitative estimate of drug-likeness (QED) is 0.844. The summed E-state index contributed by atoms with van der Waals surface area (Å²) in [6.07, 6.45) is 0. The zero-order chi connectivity index (χ0) is 17.7. The fraction of sp³-hybridized carbons (Fsp3) is 0.278. The predicted octanol–water partition coefficient (Wildman–Crippen LogP) is 2.54. The van der Waals surface area contributed by atoms with Crippen LogP contribution in [0.4, 0.5) is 0 Å². The van der Waals surface area contributed by atoms with Gasteiger partial charge in [-0.1, -0.05) is 48.0 Å². The molecule has 2 aromatic carbocycles. The lowest BCUT2D eigenvalue weighted by Gasteiger charge is -2.20. The minimum atomic E-state index is -3.82. The first-order valence-corrected chi connectivity index (χ1v) is 9.22. The highest BCUT2D eigenvalue weighted by Gasteiger charge is 2.27. The van der Waals surface area contributed by atoms with E-state index in [4.69, 9.17) is 0 Å². The molecule has 0 spiro atoms. The normalized spacial score (nSPS) is 12.8. The molecule has 128 valence electrons. The van der Waals surface area contributed by atoms with Crippen LogP contribution in [0.3, 0.4) is 0 Å². The van der Waals surface area contributed by atoms with Crippen molar-refractivity contribution in [2.24, 2.45) is 0 Å². The molecule has 24 heavy (non-hydrogen) atoms. The average Bonchev–Trinajstić information content (AvgIpc) is 2.53. The van der Waals surface area contributed by atoms with Crippen LogP contribution in [0.1, 0.15) is 31.0 Å². The van der Waals surface area contributed by atoms with Crippen molar-refractivity contribution in [3.63, 3.8) is 0 Å². The van der Waals surface area contributed by atoms with E-state index >= 15 is 0 Å². The molecule has 0 saturated carbocycles. The minimum absolute atomic E-state index is 0.0902. The van der Waals surface area contributed by atoms with Gasteiger partial charge in [0.25, 0.3) is 0 Å². The Morgan fingerprint density at radius 1 is 0.958 bits per heavy atom. The van der Waals surface area contributed by atoms with E-state index in [2.05, 4.69) is 10.0 Å². The second-order valence-electron chi connectivity index (χ2n) is 5.94. The molecule has 0 saturated heterocycles. The van der Waals surface area contributed by atoms with Gasteiger partial charge < -0.3 is 5.32 Å². The molecular weight excluding hydrogens is 324 g/mol. The maximum Gasteiger partial charge on any atom is 0.242 e. The summed E-state index contributed by atoms with van der Waals surface area (Å²) >= 11 is 0. The molecular formula is C18H22N2O3S. The van der Waals surface area contributed by atoms with Crippen LogP contribution in [-0.4, -0.2) is 20.4 Å². The molecule has 0 radical (unpaired) electrons. The molecule has 1 atom stereocenters. The van der Waals surface area contributed by atoms with Crippen molar-refractivity contribution >= 4 is 15.9 Å². The van der Waals surface area contributed by atoms with Crippen molar-refractivity contribution in [3.05, 3.63) is 65.7 Å². The van der Waals surface area contributed by atoms with Crippen LogP contribution in [0.15, 0.2) is 59.5 Å². The van der Waals surface area contributed by atoms with Gasteiger partial charge >= 0.3 is 0 Å². The molecule has 2 aromatic rings. The second kappa shape index (κ2) is 7.59. The van der Waals surface area contributed by atoms with Gasteiger partial charge in [-0.3, -0.25) is 4.79 Å². The van der Waals surface area contributed by atoms with Gasteiger partial charge in [0.1, 0.15) is 6.04 Å². The lowest BCUT2D eigenvalue weighted by molar-refractivity contribution is -0.123. The second-order valence-corrected chi connectivity index (χ2v) is 7.66. The van der Waals surface area contributed by atoms with Crippen LogP contribution in [0, 0.1) is 6.92 Å². The van der Waals surface area contributed by atoms with Gasteiger partial charge in [0.15, 0.2) is 0 Å². The Balaban J connectivity index is 2.34. The summed E-state index contributed by atoms with van der Waals surface area (Å²) in [7, 11) is -3.82. The van der Waals surface area contributed by atoms with E-state index < -0.39 is 16.1 Å². The van der Waals surface area contributed by atoms with E-state index in [0.717, 1.165) is 5.56 Å². The van der Waals surface area contributed by atoms with Crippen LogP contribution in [-0.2, 0) is 14.8 Å². The Labute approximate surface area is 143 Å². The lowest BCUT2D eigenvalue weighted by atomic mass is 10.1. The summed E-state index contributed by atoms with van der Waals surface area (Å²) in [6.45, 7) is 5.54. The third-order valence-corrected chi connectivity index (χ3v) is 4.87. The molecule has 1 amide bonds. The van der Waals surface area contributed by atoms with E-state index in [1.54, 1.807) is 36.4 Å². The summed E-state index contributed by atoms with van der Waals surface area (Å²) in [6, 6.07) is 14.2. The number of hydrogen-bond acceptors (Lipinski definition) is 3. The number of carbonyl (C=O) groups is 1. The highest BCUT2D eigenvalue weighted by atomic mass is 32.2.